The molecule has 0 aliphatic carbocycles. The van der Waals surface area contributed by atoms with E-state index in [1.807, 2.05) is 0 Å². The van der Waals surface area contributed by atoms with Crippen LogP contribution < -0.4 is 5.32 Å². The number of aromatic nitrogens is 1. The third-order valence-electron chi connectivity index (χ3n) is 2.22. The predicted molar refractivity (Wildman–Crippen MR) is 64.7 cm³/mol. The third-order valence-corrected chi connectivity index (χ3v) is 3.18. The number of thiazole rings is 1. The summed E-state index contributed by atoms with van der Waals surface area (Å²) in [6, 6.07) is 4.28. The second-order valence-corrected chi connectivity index (χ2v) is 4.63. The van der Waals surface area contributed by atoms with E-state index in [1.54, 1.807) is 11.3 Å². The van der Waals surface area contributed by atoms with Gasteiger partial charge in [-0.2, -0.15) is 0 Å². The smallest absolute Gasteiger partial charge is 0.183 e. The highest BCUT2D eigenvalue weighted by Gasteiger charge is 2.05. The minimum atomic E-state index is 0.133. The Morgan fingerprint density at radius 3 is 2.93 bits per heavy atom. The lowest BCUT2D eigenvalue weighted by Crippen LogP contribution is -2.04. The van der Waals surface area contributed by atoms with Gasteiger partial charge in [-0.15, -0.1) is 0 Å². The Balaban J connectivity index is 2.41. The van der Waals surface area contributed by atoms with Crippen LogP contribution in [0.4, 0.5) is 5.13 Å². The van der Waals surface area contributed by atoms with E-state index in [-0.39, 0.29) is 6.61 Å². The Labute approximate surface area is 92.8 Å². The number of hydrogen-bond acceptors (Lipinski definition) is 4. The first-order chi connectivity index (χ1) is 7.20. The molecule has 0 unspecified atom stereocenters. The second-order valence-electron chi connectivity index (χ2n) is 3.60. The monoisotopic (exact) mass is 222 g/mol. The zero-order valence-electron chi connectivity index (χ0n) is 8.87. The molecule has 2 N–H and O–H groups in total. The van der Waals surface area contributed by atoms with Crippen LogP contribution in [0.5, 0.6) is 0 Å². The van der Waals surface area contributed by atoms with Crippen molar-refractivity contribution in [1.29, 1.82) is 0 Å². The molecule has 0 spiro atoms. The first-order valence-electron chi connectivity index (χ1n) is 4.93. The van der Waals surface area contributed by atoms with Crippen LogP contribution in [-0.2, 0) is 0 Å². The van der Waals surface area contributed by atoms with Crippen LogP contribution in [0.2, 0.25) is 0 Å². The molecule has 0 bridgehead atoms. The third kappa shape index (κ3) is 2.11. The summed E-state index contributed by atoms with van der Waals surface area (Å²) in [6.45, 7) is 4.85. The number of aryl methyl sites for hydroxylation is 2. The molecule has 2 rings (SSSR count). The lowest BCUT2D eigenvalue weighted by molar-refractivity contribution is 0.311. The number of nitrogens with one attached hydrogen (secondary N) is 1. The highest BCUT2D eigenvalue weighted by atomic mass is 32.1. The summed E-state index contributed by atoms with van der Waals surface area (Å²) in [5.74, 6) is 0. The summed E-state index contributed by atoms with van der Waals surface area (Å²) < 4.78 is 1.20. The van der Waals surface area contributed by atoms with Gasteiger partial charge in [-0.05, 0) is 31.0 Å². The molecule has 0 radical (unpaired) electrons. The Bertz CT molecular complexity index is 479. The topological polar surface area (TPSA) is 45.2 Å². The average molecular weight is 222 g/mol. The fraction of sp³-hybridized carbons (Fsp3) is 0.364. The molecule has 0 aliphatic rings. The molecule has 0 saturated carbocycles. The van der Waals surface area contributed by atoms with Gasteiger partial charge in [0.05, 0.1) is 16.8 Å². The Hall–Kier alpha value is -1.13. The van der Waals surface area contributed by atoms with Crippen molar-refractivity contribution >= 4 is 26.7 Å². The van der Waals surface area contributed by atoms with E-state index in [0.717, 1.165) is 10.6 Å². The van der Waals surface area contributed by atoms with Gasteiger partial charge in [-0.25, -0.2) is 4.98 Å². The molecule has 4 heteroatoms. The van der Waals surface area contributed by atoms with Crippen molar-refractivity contribution in [2.75, 3.05) is 18.5 Å². The highest BCUT2D eigenvalue weighted by molar-refractivity contribution is 7.22. The van der Waals surface area contributed by atoms with Crippen molar-refractivity contribution in [3.63, 3.8) is 0 Å². The molecule has 1 aromatic heterocycles. The molecule has 1 aromatic carbocycles. The molecule has 3 nitrogen and oxygen atoms in total. The maximum atomic E-state index is 8.72. The van der Waals surface area contributed by atoms with Crippen LogP contribution in [0.15, 0.2) is 12.1 Å². The normalized spacial score (nSPS) is 10.9. The van der Waals surface area contributed by atoms with Gasteiger partial charge in [0.15, 0.2) is 5.13 Å². The largest absolute Gasteiger partial charge is 0.395 e. The van der Waals surface area contributed by atoms with Crippen LogP contribution >= 0.6 is 11.3 Å². The van der Waals surface area contributed by atoms with E-state index in [2.05, 4.69) is 36.3 Å². The maximum Gasteiger partial charge on any atom is 0.183 e. The summed E-state index contributed by atoms with van der Waals surface area (Å²) in [4.78, 5) is 4.49. The number of benzene rings is 1. The SMILES string of the molecule is Cc1cc(C)c2nc(NCCO)sc2c1. The number of hydrogen-bond donors (Lipinski definition) is 2. The molecule has 0 amide bonds. The summed E-state index contributed by atoms with van der Waals surface area (Å²) in [5, 5.41) is 12.7. The van der Waals surface area contributed by atoms with Gasteiger partial charge in [-0.1, -0.05) is 17.4 Å². The Morgan fingerprint density at radius 2 is 2.20 bits per heavy atom. The van der Waals surface area contributed by atoms with Crippen LogP contribution in [0.25, 0.3) is 10.2 Å². The van der Waals surface area contributed by atoms with Crippen LogP contribution in [0.3, 0.4) is 0 Å². The molecule has 15 heavy (non-hydrogen) atoms. The van der Waals surface area contributed by atoms with Crippen LogP contribution in [0, 0.1) is 13.8 Å². The van der Waals surface area contributed by atoms with Gasteiger partial charge < -0.3 is 10.4 Å². The molecule has 0 saturated heterocycles. The van der Waals surface area contributed by atoms with E-state index >= 15 is 0 Å². The van der Waals surface area contributed by atoms with Gasteiger partial charge in [0.25, 0.3) is 0 Å². The van der Waals surface area contributed by atoms with Crippen molar-refractivity contribution < 1.29 is 5.11 Å². The number of rotatable bonds is 3. The van der Waals surface area contributed by atoms with Crippen molar-refractivity contribution in [3.8, 4) is 0 Å². The number of fused-ring (bicyclic) bond motifs is 1. The first-order valence-corrected chi connectivity index (χ1v) is 5.75. The summed E-state index contributed by atoms with van der Waals surface area (Å²) in [7, 11) is 0. The van der Waals surface area contributed by atoms with E-state index in [4.69, 9.17) is 5.11 Å². The molecule has 0 fully saturated rings. The van der Waals surface area contributed by atoms with E-state index in [0.29, 0.717) is 6.54 Å². The quantitative estimate of drug-likeness (QED) is 0.837. The van der Waals surface area contributed by atoms with Gasteiger partial charge in [0.1, 0.15) is 0 Å². The molecular formula is C11H14N2OS. The van der Waals surface area contributed by atoms with Crippen LogP contribution in [-0.4, -0.2) is 23.2 Å². The fourth-order valence-electron chi connectivity index (χ4n) is 1.61. The molecule has 80 valence electrons. The maximum absolute atomic E-state index is 8.72. The summed E-state index contributed by atoms with van der Waals surface area (Å²) in [5.41, 5.74) is 3.53. The number of aliphatic hydroxyl groups is 1. The molecule has 0 atom stereocenters. The van der Waals surface area contributed by atoms with E-state index < -0.39 is 0 Å². The highest BCUT2D eigenvalue weighted by Crippen LogP contribution is 2.28. The second kappa shape index (κ2) is 4.16. The van der Waals surface area contributed by atoms with Crippen molar-refractivity contribution in [2.24, 2.45) is 0 Å². The molecular weight excluding hydrogens is 208 g/mol. The van der Waals surface area contributed by atoms with Gasteiger partial charge in [-0.3, -0.25) is 0 Å². The number of nitrogens with zero attached hydrogens (tertiary/aromatic N) is 1. The number of anilines is 1. The molecule has 1 heterocycles. The lowest BCUT2D eigenvalue weighted by Gasteiger charge is -1.96. The van der Waals surface area contributed by atoms with E-state index in [9.17, 15) is 0 Å². The van der Waals surface area contributed by atoms with Crippen molar-refractivity contribution in [2.45, 2.75) is 13.8 Å². The van der Waals surface area contributed by atoms with Gasteiger partial charge in [0, 0.05) is 6.54 Å². The standard InChI is InChI=1S/C11H14N2OS/c1-7-5-8(2)10-9(6-7)15-11(13-10)12-3-4-14/h5-6,14H,3-4H2,1-2H3,(H,12,13). The molecule has 0 aliphatic heterocycles. The first kappa shape index (κ1) is 10.4. The van der Waals surface area contributed by atoms with E-state index in [1.165, 1.54) is 15.8 Å². The average Bonchev–Trinajstić information content (AvgIpc) is 2.57. The minimum absolute atomic E-state index is 0.133. The predicted octanol–water partition coefficient (Wildman–Crippen LogP) is 2.32. The van der Waals surface area contributed by atoms with Crippen LogP contribution in [0.1, 0.15) is 11.1 Å². The molecule has 2 aromatic rings. The lowest BCUT2D eigenvalue weighted by atomic mass is 10.1. The Morgan fingerprint density at radius 1 is 1.40 bits per heavy atom. The number of aliphatic hydroxyl groups excluding tert-OH is 1. The van der Waals surface area contributed by atoms with Crippen molar-refractivity contribution in [3.05, 3.63) is 23.3 Å². The minimum Gasteiger partial charge on any atom is -0.395 e. The summed E-state index contributed by atoms with van der Waals surface area (Å²) >= 11 is 1.63. The zero-order valence-corrected chi connectivity index (χ0v) is 9.69. The zero-order chi connectivity index (χ0) is 10.8. The fourth-order valence-corrected chi connectivity index (χ4v) is 2.68. The van der Waals surface area contributed by atoms with Crippen molar-refractivity contribution in [1.82, 2.24) is 4.98 Å². The Kier molecular flexibility index (Phi) is 2.88. The van der Waals surface area contributed by atoms with Gasteiger partial charge >= 0.3 is 0 Å². The summed E-state index contributed by atoms with van der Waals surface area (Å²) in [6.07, 6.45) is 0. The van der Waals surface area contributed by atoms with Gasteiger partial charge in [0.2, 0.25) is 0 Å².